The monoisotopic (exact) mass is 325 g/mol. The zero-order valence-electron chi connectivity index (χ0n) is 13.3. The minimum atomic E-state index is 0.610. The van der Waals surface area contributed by atoms with Crippen LogP contribution in [0, 0.1) is 0 Å². The molecular weight excluding hydrogens is 306 g/mol. The Morgan fingerprint density at radius 3 is 2.17 bits per heavy atom. The lowest BCUT2D eigenvalue weighted by Crippen LogP contribution is -1.99. The van der Waals surface area contributed by atoms with Gasteiger partial charge in [0.15, 0.2) is 0 Å². The van der Waals surface area contributed by atoms with Crippen molar-refractivity contribution in [1.29, 1.82) is 0 Å². The van der Waals surface area contributed by atoms with E-state index in [2.05, 4.69) is 23.2 Å². The number of aromatic nitrogens is 1. The Kier molecular flexibility index (Phi) is 4.93. The maximum absolute atomic E-state index is 5.88. The Morgan fingerprint density at radius 2 is 1.57 bits per heavy atom. The van der Waals surface area contributed by atoms with Gasteiger partial charge in [-0.15, -0.1) is 11.3 Å². The fraction of sp³-hybridized carbons (Fsp3) is 0.211. The van der Waals surface area contributed by atoms with Crippen LogP contribution in [0.5, 0.6) is 11.5 Å². The van der Waals surface area contributed by atoms with Gasteiger partial charge < -0.3 is 9.47 Å². The zero-order valence-corrected chi connectivity index (χ0v) is 14.1. The number of ether oxygens (including phenoxy) is 2. The van der Waals surface area contributed by atoms with Crippen LogP contribution in [-0.2, 0) is 0 Å². The number of nitrogens with zero attached hydrogens (tertiary/aromatic N) is 1. The van der Waals surface area contributed by atoms with E-state index in [1.54, 1.807) is 11.3 Å². The average Bonchev–Trinajstić information content (AvgIpc) is 3.11. The van der Waals surface area contributed by atoms with E-state index in [0.29, 0.717) is 13.2 Å². The Balaban J connectivity index is 2.18. The molecule has 23 heavy (non-hydrogen) atoms. The van der Waals surface area contributed by atoms with Gasteiger partial charge in [-0.1, -0.05) is 30.3 Å². The summed E-state index contributed by atoms with van der Waals surface area (Å²) in [7, 11) is 0. The van der Waals surface area contributed by atoms with Crippen molar-refractivity contribution in [1.82, 2.24) is 4.98 Å². The van der Waals surface area contributed by atoms with Crippen LogP contribution in [0.1, 0.15) is 13.8 Å². The van der Waals surface area contributed by atoms with Gasteiger partial charge in [0.1, 0.15) is 11.5 Å². The molecule has 3 aromatic rings. The minimum absolute atomic E-state index is 0.610. The smallest absolute Gasteiger partial charge is 0.129 e. The van der Waals surface area contributed by atoms with Crippen LogP contribution in [0.3, 0.4) is 0 Å². The Labute approximate surface area is 140 Å². The van der Waals surface area contributed by atoms with E-state index >= 15 is 0 Å². The van der Waals surface area contributed by atoms with E-state index < -0.39 is 0 Å². The summed E-state index contributed by atoms with van der Waals surface area (Å²) in [6, 6.07) is 14.3. The number of hydrogen-bond acceptors (Lipinski definition) is 4. The van der Waals surface area contributed by atoms with Gasteiger partial charge in [-0.3, -0.25) is 0 Å². The number of thiazole rings is 1. The quantitative estimate of drug-likeness (QED) is 0.618. The van der Waals surface area contributed by atoms with Gasteiger partial charge in [0.05, 0.1) is 24.4 Å². The third-order valence-corrected chi connectivity index (χ3v) is 4.06. The minimum Gasteiger partial charge on any atom is -0.493 e. The standard InChI is InChI=1S/C19H19NO2S/c1-3-21-18-11-16(17-12-23-13-20-17)19(22-4-2)10-15(18)14-8-6-5-7-9-14/h5-13H,3-4H2,1-2H3. The molecule has 3 rings (SSSR count). The van der Waals surface area contributed by atoms with Crippen molar-refractivity contribution in [3.05, 3.63) is 53.4 Å². The number of hydrogen-bond donors (Lipinski definition) is 0. The second kappa shape index (κ2) is 7.29. The maximum Gasteiger partial charge on any atom is 0.129 e. The molecule has 4 heteroatoms. The molecule has 1 aromatic heterocycles. The van der Waals surface area contributed by atoms with Gasteiger partial charge in [0, 0.05) is 16.5 Å². The molecule has 0 aliphatic rings. The molecule has 0 aliphatic heterocycles. The summed E-state index contributed by atoms with van der Waals surface area (Å²) in [6.45, 7) is 5.21. The molecule has 0 bridgehead atoms. The van der Waals surface area contributed by atoms with E-state index in [9.17, 15) is 0 Å². The lowest BCUT2D eigenvalue weighted by atomic mass is 10.0. The largest absolute Gasteiger partial charge is 0.493 e. The first-order valence-electron chi connectivity index (χ1n) is 7.71. The van der Waals surface area contributed by atoms with Crippen molar-refractivity contribution in [2.75, 3.05) is 13.2 Å². The highest BCUT2D eigenvalue weighted by atomic mass is 32.1. The first-order valence-corrected chi connectivity index (χ1v) is 8.65. The van der Waals surface area contributed by atoms with Crippen LogP contribution >= 0.6 is 11.3 Å². The van der Waals surface area contributed by atoms with Crippen molar-refractivity contribution in [3.8, 4) is 33.9 Å². The molecule has 0 saturated carbocycles. The molecule has 0 spiro atoms. The topological polar surface area (TPSA) is 31.4 Å². The molecule has 0 amide bonds. The van der Waals surface area contributed by atoms with Crippen molar-refractivity contribution < 1.29 is 9.47 Å². The number of rotatable bonds is 6. The molecule has 0 saturated heterocycles. The van der Waals surface area contributed by atoms with E-state index in [1.807, 2.05) is 49.0 Å². The first kappa shape index (κ1) is 15.6. The predicted molar refractivity (Wildman–Crippen MR) is 95.3 cm³/mol. The summed E-state index contributed by atoms with van der Waals surface area (Å²) in [5.74, 6) is 1.69. The second-order valence-corrected chi connectivity index (χ2v) is 5.67. The molecule has 0 unspecified atom stereocenters. The van der Waals surface area contributed by atoms with Crippen molar-refractivity contribution in [3.63, 3.8) is 0 Å². The molecule has 3 nitrogen and oxygen atoms in total. The van der Waals surface area contributed by atoms with E-state index in [1.165, 1.54) is 0 Å². The van der Waals surface area contributed by atoms with Gasteiger partial charge in [-0.2, -0.15) is 0 Å². The molecular formula is C19H19NO2S. The van der Waals surface area contributed by atoms with Gasteiger partial charge in [0.2, 0.25) is 0 Å². The maximum atomic E-state index is 5.88. The summed E-state index contributed by atoms with van der Waals surface area (Å²) in [6.07, 6.45) is 0. The van der Waals surface area contributed by atoms with E-state index in [4.69, 9.17) is 9.47 Å². The second-order valence-electron chi connectivity index (χ2n) is 4.95. The molecule has 2 aromatic carbocycles. The molecule has 1 heterocycles. The molecule has 0 radical (unpaired) electrons. The van der Waals surface area contributed by atoms with Crippen LogP contribution in [0.4, 0.5) is 0 Å². The molecule has 0 N–H and O–H groups in total. The van der Waals surface area contributed by atoms with E-state index in [-0.39, 0.29) is 0 Å². The summed E-state index contributed by atoms with van der Waals surface area (Å²) in [5.41, 5.74) is 5.86. The highest BCUT2D eigenvalue weighted by Crippen LogP contribution is 2.40. The zero-order chi connectivity index (χ0) is 16.1. The van der Waals surface area contributed by atoms with Gasteiger partial charge in [-0.25, -0.2) is 4.98 Å². The third kappa shape index (κ3) is 3.37. The molecule has 118 valence electrons. The highest BCUT2D eigenvalue weighted by molar-refractivity contribution is 7.07. The normalized spacial score (nSPS) is 10.5. The van der Waals surface area contributed by atoms with Gasteiger partial charge in [-0.05, 0) is 31.5 Å². The SMILES string of the molecule is CCOc1cc(-c2cscn2)c(OCC)cc1-c1ccccc1. The predicted octanol–water partition coefficient (Wildman–Crippen LogP) is 5.27. The van der Waals surface area contributed by atoms with Crippen molar-refractivity contribution in [2.24, 2.45) is 0 Å². The molecule has 0 aliphatic carbocycles. The van der Waals surface area contributed by atoms with Crippen LogP contribution in [-0.4, -0.2) is 18.2 Å². The molecule has 0 atom stereocenters. The average molecular weight is 325 g/mol. The van der Waals surface area contributed by atoms with Gasteiger partial charge >= 0.3 is 0 Å². The summed E-state index contributed by atoms with van der Waals surface area (Å²) in [4.78, 5) is 4.42. The fourth-order valence-electron chi connectivity index (χ4n) is 2.50. The van der Waals surface area contributed by atoms with Crippen molar-refractivity contribution in [2.45, 2.75) is 13.8 Å². The van der Waals surface area contributed by atoms with Crippen LogP contribution in [0.25, 0.3) is 22.4 Å². The van der Waals surface area contributed by atoms with Gasteiger partial charge in [0.25, 0.3) is 0 Å². The number of benzene rings is 2. The Bertz CT molecular complexity index is 755. The molecule has 0 fully saturated rings. The summed E-state index contributed by atoms with van der Waals surface area (Å²) >= 11 is 1.57. The van der Waals surface area contributed by atoms with E-state index in [0.717, 1.165) is 33.9 Å². The summed E-state index contributed by atoms with van der Waals surface area (Å²) in [5, 5.41) is 2.02. The van der Waals surface area contributed by atoms with Crippen molar-refractivity contribution >= 4 is 11.3 Å². The Hall–Kier alpha value is -2.33. The lowest BCUT2D eigenvalue weighted by Gasteiger charge is -2.16. The third-order valence-electron chi connectivity index (χ3n) is 3.47. The van der Waals surface area contributed by atoms with Crippen LogP contribution < -0.4 is 9.47 Å². The van der Waals surface area contributed by atoms with Crippen LogP contribution in [0.15, 0.2) is 53.4 Å². The fourth-order valence-corrected chi connectivity index (χ4v) is 3.05. The Morgan fingerprint density at radius 1 is 0.913 bits per heavy atom. The highest BCUT2D eigenvalue weighted by Gasteiger charge is 2.16. The summed E-state index contributed by atoms with van der Waals surface area (Å²) < 4.78 is 11.7. The first-order chi connectivity index (χ1) is 11.3. The lowest BCUT2D eigenvalue weighted by molar-refractivity contribution is 0.333. The van der Waals surface area contributed by atoms with Crippen LogP contribution in [0.2, 0.25) is 0 Å².